The summed E-state index contributed by atoms with van der Waals surface area (Å²) in [4.78, 5) is 43.8. The molecule has 218 valence electrons. The predicted molar refractivity (Wildman–Crippen MR) is 150 cm³/mol. The number of carbonyl (C=O) groups is 3. The molecule has 1 saturated heterocycles. The number of hydrogen-bond acceptors (Lipinski definition) is 7. The average Bonchev–Trinajstić information content (AvgIpc) is 3.60. The van der Waals surface area contributed by atoms with E-state index in [1.54, 1.807) is 42.8 Å². The molecule has 2 amide bonds. The van der Waals surface area contributed by atoms with Crippen molar-refractivity contribution in [3.05, 3.63) is 39.7 Å². The lowest BCUT2D eigenvalue weighted by Crippen LogP contribution is -2.54. The number of amides is 2. The number of carboxylic acids is 1. The lowest BCUT2D eigenvalue weighted by Gasteiger charge is -2.47. The van der Waals surface area contributed by atoms with Gasteiger partial charge in [-0.2, -0.15) is 0 Å². The molecule has 2 aliphatic heterocycles. The molecule has 10 nitrogen and oxygen atoms in total. The zero-order chi connectivity index (χ0) is 29.0. The Kier molecular flexibility index (Phi) is 7.46. The number of nitrogens with two attached hydrogens (primary N) is 2. The molecule has 40 heavy (non-hydrogen) atoms. The highest BCUT2D eigenvalue weighted by atomic mass is 35.5. The van der Waals surface area contributed by atoms with Crippen molar-refractivity contribution >= 4 is 29.4 Å². The normalized spacial score (nSPS) is 27.8. The third-order valence-electron chi connectivity index (χ3n) is 9.68. The molecule has 5 rings (SSSR count). The lowest BCUT2D eigenvalue weighted by molar-refractivity contribution is -0.165. The van der Waals surface area contributed by atoms with Gasteiger partial charge in [0.25, 0.3) is 0 Å². The number of halogens is 1. The Balaban J connectivity index is 1.58. The summed E-state index contributed by atoms with van der Waals surface area (Å²) in [5.41, 5.74) is 7.66. The minimum atomic E-state index is -1.16. The average molecular weight is 574 g/mol. The van der Waals surface area contributed by atoms with Gasteiger partial charge in [0.05, 0.1) is 17.0 Å². The van der Waals surface area contributed by atoms with Crippen molar-refractivity contribution in [3.8, 4) is 5.75 Å². The molecule has 1 aromatic carbocycles. The van der Waals surface area contributed by atoms with Crippen LogP contribution in [0, 0.1) is 16.7 Å². The molecule has 1 aromatic rings. The highest BCUT2D eigenvalue weighted by Gasteiger charge is 2.56. The third-order valence-corrected chi connectivity index (χ3v) is 10.0. The van der Waals surface area contributed by atoms with E-state index in [0.717, 1.165) is 31.2 Å². The first kappa shape index (κ1) is 28.5. The van der Waals surface area contributed by atoms with Crippen molar-refractivity contribution in [2.45, 2.75) is 71.4 Å². The first-order valence-corrected chi connectivity index (χ1v) is 14.5. The third kappa shape index (κ3) is 4.89. The first-order valence-electron chi connectivity index (χ1n) is 14.1. The van der Waals surface area contributed by atoms with Crippen molar-refractivity contribution in [1.29, 1.82) is 0 Å². The largest absolute Gasteiger partial charge is 0.487 e. The molecule has 3 fully saturated rings. The van der Waals surface area contributed by atoms with Gasteiger partial charge in [-0.3, -0.25) is 14.4 Å². The van der Waals surface area contributed by atoms with Crippen molar-refractivity contribution in [1.82, 2.24) is 14.8 Å². The Hall–Kier alpha value is -2.98. The quantitative estimate of drug-likeness (QED) is 0.333. The number of benzene rings is 1. The van der Waals surface area contributed by atoms with Crippen molar-refractivity contribution in [3.63, 3.8) is 0 Å². The van der Waals surface area contributed by atoms with Gasteiger partial charge in [-0.05, 0) is 69.1 Å². The number of hydrazine groups is 1. The van der Waals surface area contributed by atoms with E-state index in [-0.39, 0.29) is 23.8 Å². The van der Waals surface area contributed by atoms with Crippen LogP contribution >= 0.6 is 11.6 Å². The minimum Gasteiger partial charge on any atom is -0.487 e. The van der Waals surface area contributed by atoms with Gasteiger partial charge in [0.2, 0.25) is 11.8 Å². The molecule has 5 N–H and O–H groups in total. The standard InChI is InChI=1S/C29H40ClN5O5/c1-17(33(3)32)21(31)15-40-22-8-7-20(30)18-9-13-34(26(37)19-6-4-5-10-28(19,2)27(38)39)25(24(18)22)35-16-29(11-12-29)14-23(35)36/h7-8,19,25H,4-6,9-16,31-32H2,1-3H3,(H,38,39)/b21-17-. The van der Waals surface area contributed by atoms with Gasteiger partial charge in [-0.15, -0.1) is 0 Å². The van der Waals surface area contributed by atoms with Crippen molar-refractivity contribution in [2.75, 3.05) is 26.7 Å². The van der Waals surface area contributed by atoms with Crippen LogP contribution in [0.2, 0.25) is 5.02 Å². The number of allylic oxidation sites excluding steroid dienone is 1. The molecular weight excluding hydrogens is 534 g/mol. The van der Waals surface area contributed by atoms with E-state index in [9.17, 15) is 19.5 Å². The SMILES string of the molecule is C/C(=C(/N)COc1ccc(Cl)c2c1C(N1CC3(CC3)CC1=O)N(C(=O)C1CCCCC1(C)C(=O)O)CC2)N(C)N. The maximum Gasteiger partial charge on any atom is 0.310 e. The Morgan fingerprint density at radius 2 is 1.98 bits per heavy atom. The van der Waals surface area contributed by atoms with Crippen LogP contribution in [0.4, 0.5) is 0 Å². The zero-order valence-electron chi connectivity index (χ0n) is 23.5. The number of carbonyl (C=O) groups excluding carboxylic acids is 2. The first-order chi connectivity index (χ1) is 18.9. The van der Waals surface area contributed by atoms with Crippen LogP contribution in [-0.4, -0.2) is 64.4 Å². The maximum absolute atomic E-state index is 14.4. The van der Waals surface area contributed by atoms with E-state index in [1.807, 2.05) is 0 Å². The molecule has 2 saturated carbocycles. The van der Waals surface area contributed by atoms with Gasteiger partial charge in [0.1, 0.15) is 18.5 Å². The number of aliphatic carboxylic acids is 1. The molecule has 0 bridgehead atoms. The molecule has 4 aliphatic rings. The number of hydrogen-bond donors (Lipinski definition) is 3. The Labute approximate surface area is 240 Å². The molecule has 3 unspecified atom stereocenters. The summed E-state index contributed by atoms with van der Waals surface area (Å²) in [5, 5.41) is 12.1. The van der Waals surface area contributed by atoms with E-state index in [0.29, 0.717) is 66.5 Å². The summed E-state index contributed by atoms with van der Waals surface area (Å²) < 4.78 is 6.24. The van der Waals surface area contributed by atoms with Crippen molar-refractivity contribution in [2.24, 2.45) is 28.3 Å². The molecule has 2 aliphatic carbocycles. The molecule has 0 aromatic heterocycles. The number of fused-ring (bicyclic) bond motifs is 1. The highest BCUT2D eigenvalue weighted by Crippen LogP contribution is 2.56. The summed E-state index contributed by atoms with van der Waals surface area (Å²) in [6.07, 6.45) is 4.65. The van der Waals surface area contributed by atoms with E-state index >= 15 is 0 Å². The summed E-state index contributed by atoms with van der Waals surface area (Å²) >= 11 is 6.71. The highest BCUT2D eigenvalue weighted by molar-refractivity contribution is 6.31. The van der Waals surface area contributed by atoms with Gasteiger partial charge in [-0.1, -0.05) is 24.4 Å². The fraction of sp³-hybridized carbons (Fsp3) is 0.621. The van der Waals surface area contributed by atoms with Crippen LogP contribution in [0.5, 0.6) is 5.75 Å². The van der Waals surface area contributed by atoms with Gasteiger partial charge in [0.15, 0.2) is 0 Å². The summed E-state index contributed by atoms with van der Waals surface area (Å²) in [6.45, 7) is 4.41. The van der Waals surface area contributed by atoms with Crippen LogP contribution in [0.15, 0.2) is 23.5 Å². The number of ether oxygens (including phenoxy) is 1. The maximum atomic E-state index is 14.4. The van der Waals surface area contributed by atoms with E-state index < -0.39 is 23.5 Å². The Bertz CT molecular complexity index is 1260. The molecule has 0 radical (unpaired) electrons. The number of rotatable bonds is 7. The molecule has 11 heteroatoms. The fourth-order valence-corrected chi connectivity index (χ4v) is 6.94. The second-order valence-electron chi connectivity index (χ2n) is 12.3. The Morgan fingerprint density at radius 3 is 2.60 bits per heavy atom. The molecule has 1 spiro atoms. The van der Waals surface area contributed by atoms with Gasteiger partial charge in [0, 0.05) is 42.8 Å². The topological polar surface area (TPSA) is 142 Å². The summed E-state index contributed by atoms with van der Waals surface area (Å²) in [7, 11) is 1.69. The zero-order valence-corrected chi connectivity index (χ0v) is 24.3. The van der Waals surface area contributed by atoms with Gasteiger partial charge >= 0.3 is 5.97 Å². The number of carboxylic acid groups (broad SMARTS) is 1. The molecule has 2 heterocycles. The van der Waals surface area contributed by atoms with Crippen LogP contribution in [0.1, 0.15) is 76.1 Å². The molecule has 3 atom stereocenters. The van der Waals surface area contributed by atoms with Crippen LogP contribution in [-0.2, 0) is 20.8 Å². The van der Waals surface area contributed by atoms with Crippen LogP contribution in [0.25, 0.3) is 0 Å². The van der Waals surface area contributed by atoms with E-state index in [4.69, 9.17) is 27.9 Å². The fourth-order valence-electron chi connectivity index (χ4n) is 6.68. The smallest absolute Gasteiger partial charge is 0.310 e. The lowest BCUT2D eigenvalue weighted by atomic mass is 9.66. The summed E-state index contributed by atoms with van der Waals surface area (Å²) in [6, 6.07) is 3.52. The minimum absolute atomic E-state index is 0.0104. The second kappa shape index (κ2) is 10.4. The number of nitrogens with zero attached hydrogens (tertiary/aromatic N) is 3. The van der Waals surface area contributed by atoms with Gasteiger partial charge < -0.3 is 30.4 Å². The number of likely N-dealkylation sites (tertiary alicyclic amines) is 1. The van der Waals surface area contributed by atoms with Crippen LogP contribution < -0.4 is 16.3 Å². The van der Waals surface area contributed by atoms with Crippen LogP contribution in [0.3, 0.4) is 0 Å². The second-order valence-corrected chi connectivity index (χ2v) is 12.7. The Morgan fingerprint density at radius 1 is 1.25 bits per heavy atom. The van der Waals surface area contributed by atoms with E-state index in [2.05, 4.69) is 0 Å². The van der Waals surface area contributed by atoms with Gasteiger partial charge in [-0.25, -0.2) is 5.84 Å². The van der Waals surface area contributed by atoms with E-state index in [1.165, 1.54) is 5.01 Å². The van der Waals surface area contributed by atoms with Crippen molar-refractivity contribution < 1.29 is 24.2 Å². The predicted octanol–water partition coefficient (Wildman–Crippen LogP) is 3.39. The summed E-state index contributed by atoms with van der Waals surface area (Å²) in [5.74, 6) is 4.47. The molecular formula is C29H40ClN5O5. The monoisotopic (exact) mass is 573 g/mol.